The summed E-state index contributed by atoms with van der Waals surface area (Å²) in [5.41, 5.74) is 2.55. The van der Waals surface area contributed by atoms with Crippen molar-refractivity contribution in [3.8, 4) is 0 Å². The topological polar surface area (TPSA) is 52.6 Å². The molecule has 160 valence electrons. The van der Waals surface area contributed by atoms with Crippen LogP contribution in [0.2, 0.25) is 0 Å². The molecular weight excluding hydrogens is 395 g/mol. The molecule has 0 aliphatic rings. The van der Waals surface area contributed by atoms with Crippen molar-refractivity contribution < 1.29 is 23.5 Å². The third-order valence-corrected chi connectivity index (χ3v) is 4.97. The van der Waals surface area contributed by atoms with Gasteiger partial charge in [0, 0.05) is 29.4 Å². The Morgan fingerprint density at radius 3 is 1.84 bits per heavy atom. The van der Waals surface area contributed by atoms with Crippen molar-refractivity contribution in [3.63, 3.8) is 0 Å². The van der Waals surface area contributed by atoms with Crippen molar-refractivity contribution in [3.05, 3.63) is 83.7 Å². The van der Waals surface area contributed by atoms with Gasteiger partial charge in [0.2, 0.25) is 0 Å². The molecule has 3 aromatic carbocycles. The van der Waals surface area contributed by atoms with Crippen LogP contribution in [0.5, 0.6) is 0 Å². The van der Waals surface area contributed by atoms with Crippen molar-refractivity contribution in [2.75, 3.05) is 13.2 Å². The Morgan fingerprint density at radius 1 is 0.774 bits per heavy atom. The molecule has 0 heterocycles. The van der Waals surface area contributed by atoms with Crippen LogP contribution in [0.4, 0.5) is 4.39 Å². The van der Waals surface area contributed by atoms with Gasteiger partial charge in [-0.15, -0.1) is 0 Å². The fourth-order valence-electron chi connectivity index (χ4n) is 3.30. The molecule has 0 saturated carbocycles. The van der Waals surface area contributed by atoms with E-state index in [2.05, 4.69) is 13.2 Å². The molecule has 0 fully saturated rings. The van der Waals surface area contributed by atoms with E-state index < -0.39 is 11.9 Å². The summed E-state index contributed by atoms with van der Waals surface area (Å²) >= 11 is 0. The highest BCUT2D eigenvalue weighted by Crippen LogP contribution is 2.30. The number of esters is 2. The van der Waals surface area contributed by atoms with Crippen LogP contribution in [0.15, 0.2) is 66.8 Å². The highest BCUT2D eigenvalue weighted by molar-refractivity contribution is 6.08. The van der Waals surface area contributed by atoms with Gasteiger partial charge in [-0.3, -0.25) is 0 Å². The van der Waals surface area contributed by atoms with E-state index in [0.717, 1.165) is 27.3 Å². The maximum absolute atomic E-state index is 14.9. The fourth-order valence-corrected chi connectivity index (χ4v) is 3.30. The highest BCUT2D eigenvalue weighted by Gasteiger charge is 2.10. The number of benzene rings is 3. The zero-order valence-electron chi connectivity index (χ0n) is 17.8. The van der Waals surface area contributed by atoms with Gasteiger partial charge in [0.15, 0.2) is 0 Å². The lowest BCUT2D eigenvalue weighted by Gasteiger charge is -2.10. The van der Waals surface area contributed by atoms with Crippen LogP contribution in [-0.4, -0.2) is 25.2 Å². The second-order valence-electron chi connectivity index (χ2n) is 7.63. The number of hydrogen-bond acceptors (Lipinski definition) is 4. The van der Waals surface area contributed by atoms with Crippen molar-refractivity contribution in [2.24, 2.45) is 0 Å². The molecule has 5 heteroatoms. The first-order valence-electron chi connectivity index (χ1n) is 10.1. The Hall–Kier alpha value is -3.47. The number of carbonyl (C=O) groups is 2. The Morgan fingerprint density at radius 2 is 1.29 bits per heavy atom. The second-order valence-corrected chi connectivity index (χ2v) is 7.63. The normalized spacial score (nSPS) is 10.8. The molecule has 0 amide bonds. The molecule has 31 heavy (non-hydrogen) atoms. The van der Waals surface area contributed by atoms with Gasteiger partial charge in [0.1, 0.15) is 5.82 Å². The van der Waals surface area contributed by atoms with Crippen LogP contribution in [0.3, 0.4) is 0 Å². The lowest BCUT2D eigenvalue weighted by molar-refractivity contribution is -0.139. The molecule has 0 aliphatic carbocycles. The van der Waals surface area contributed by atoms with Gasteiger partial charge < -0.3 is 9.47 Å². The molecule has 3 rings (SSSR count). The second kappa shape index (κ2) is 9.56. The van der Waals surface area contributed by atoms with Gasteiger partial charge in [-0.05, 0) is 53.3 Å². The van der Waals surface area contributed by atoms with E-state index in [0.29, 0.717) is 29.4 Å². The SMILES string of the molecule is C=C(C)C(=O)OCCc1ccc2c(c1)cc(F)c1cc(CCOC(=O)C(=C)C)ccc12. The van der Waals surface area contributed by atoms with Gasteiger partial charge in [-0.2, -0.15) is 0 Å². The molecule has 0 aliphatic heterocycles. The third-order valence-electron chi connectivity index (χ3n) is 4.97. The molecule has 0 spiro atoms. The maximum Gasteiger partial charge on any atom is 0.333 e. The molecule has 0 radical (unpaired) electrons. The number of halogens is 1. The van der Waals surface area contributed by atoms with Crippen molar-refractivity contribution >= 4 is 33.5 Å². The van der Waals surface area contributed by atoms with Crippen LogP contribution >= 0.6 is 0 Å². The Balaban J connectivity index is 1.78. The summed E-state index contributed by atoms with van der Waals surface area (Å²) in [6, 6.07) is 13.0. The van der Waals surface area contributed by atoms with Gasteiger partial charge in [0.05, 0.1) is 13.2 Å². The summed E-state index contributed by atoms with van der Waals surface area (Å²) in [5.74, 6) is -1.15. The first-order chi connectivity index (χ1) is 14.8. The van der Waals surface area contributed by atoms with Crippen LogP contribution < -0.4 is 0 Å². The molecule has 0 bridgehead atoms. The van der Waals surface area contributed by atoms with Crippen molar-refractivity contribution in [2.45, 2.75) is 26.7 Å². The number of fused-ring (bicyclic) bond motifs is 3. The molecule has 0 saturated heterocycles. The van der Waals surface area contributed by atoms with E-state index in [-0.39, 0.29) is 19.0 Å². The summed E-state index contributed by atoms with van der Waals surface area (Å²) in [6.07, 6.45) is 1.03. The Bertz CT molecular complexity index is 1190. The average Bonchev–Trinajstić information content (AvgIpc) is 2.73. The maximum atomic E-state index is 14.9. The number of rotatable bonds is 8. The van der Waals surface area contributed by atoms with Crippen molar-refractivity contribution in [1.29, 1.82) is 0 Å². The van der Waals surface area contributed by atoms with Crippen LogP contribution in [-0.2, 0) is 31.9 Å². The predicted molar refractivity (Wildman–Crippen MR) is 120 cm³/mol. The molecular formula is C26H25FO4. The summed E-state index contributed by atoms with van der Waals surface area (Å²) < 4.78 is 25.1. The first-order valence-corrected chi connectivity index (χ1v) is 10.1. The molecule has 0 aromatic heterocycles. The van der Waals surface area contributed by atoms with Gasteiger partial charge in [0.25, 0.3) is 0 Å². The number of hydrogen-bond donors (Lipinski definition) is 0. The molecule has 4 nitrogen and oxygen atoms in total. The van der Waals surface area contributed by atoms with Crippen LogP contribution in [0.25, 0.3) is 21.5 Å². The average molecular weight is 420 g/mol. The van der Waals surface area contributed by atoms with E-state index in [1.807, 2.05) is 30.3 Å². The van der Waals surface area contributed by atoms with Gasteiger partial charge in [-0.25, -0.2) is 14.0 Å². The minimum atomic E-state index is -0.428. The largest absolute Gasteiger partial charge is 0.462 e. The van der Waals surface area contributed by atoms with Gasteiger partial charge in [-0.1, -0.05) is 43.5 Å². The first kappa shape index (κ1) is 22.2. The van der Waals surface area contributed by atoms with E-state index in [1.54, 1.807) is 19.9 Å². The number of carbonyl (C=O) groups excluding carboxylic acids is 2. The third kappa shape index (κ3) is 5.37. The molecule has 3 aromatic rings. The van der Waals surface area contributed by atoms with Crippen LogP contribution in [0, 0.1) is 5.82 Å². The minimum absolute atomic E-state index is 0.214. The minimum Gasteiger partial charge on any atom is -0.462 e. The number of ether oxygens (including phenoxy) is 2. The lowest BCUT2D eigenvalue weighted by Crippen LogP contribution is -2.08. The summed E-state index contributed by atoms with van der Waals surface area (Å²) in [6.45, 7) is 10.8. The Kier molecular flexibility index (Phi) is 6.85. The lowest BCUT2D eigenvalue weighted by atomic mass is 9.97. The van der Waals surface area contributed by atoms with E-state index >= 15 is 0 Å². The Labute approximate surface area is 181 Å². The zero-order valence-corrected chi connectivity index (χ0v) is 17.8. The molecule has 0 atom stereocenters. The standard InChI is InChI=1S/C26H25FO4/c1-16(2)25(28)30-11-9-18-5-7-21-20(13-18)15-24(27)23-14-19(6-8-22(21)23)10-12-31-26(29)17(3)4/h5-8,13-15H,1,3,9-12H2,2,4H3. The zero-order chi connectivity index (χ0) is 22.5. The summed E-state index contributed by atoms with van der Waals surface area (Å²) in [5, 5.41) is 3.08. The van der Waals surface area contributed by atoms with E-state index in [9.17, 15) is 14.0 Å². The summed E-state index contributed by atoms with van der Waals surface area (Å²) in [4.78, 5) is 23.0. The van der Waals surface area contributed by atoms with Crippen molar-refractivity contribution in [1.82, 2.24) is 0 Å². The monoisotopic (exact) mass is 420 g/mol. The van der Waals surface area contributed by atoms with Crippen LogP contribution in [0.1, 0.15) is 25.0 Å². The quantitative estimate of drug-likeness (QED) is 0.276. The molecule has 0 unspecified atom stereocenters. The van der Waals surface area contributed by atoms with Gasteiger partial charge >= 0.3 is 11.9 Å². The fraction of sp³-hybridized carbons (Fsp3) is 0.231. The molecule has 0 N–H and O–H groups in total. The summed E-state index contributed by atoms with van der Waals surface area (Å²) in [7, 11) is 0. The predicted octanol–water partition coefficient (Wildman–Crippen LogP) is 5.46. The highest BCUT2D eigenvalue weighted by atomic mass is 19.1. The smallest absolute Gasteiger partial charge is 0.333 e. The van der Waals surface area contributed by atoms with E-state index in [4.69, 9.17) is 9.47 Å². The van der Waals surface area contributed by atoms with E-state index in [1.165, 1.54) is 6.07 Å².